The van der Waals surface area contributed by atoms with Crippen LogP contribution < -0.4 is 37.2 Å². The van der Waals surface area contributed by atoms with Crippen molar-refractivity contribution in [3.05, 3.63) is 0 Å². The summed E-state index contributed by atoms with van der Waals surface area (Å²) >= 11 is 0. The van der Waals surface area contributed by atoms with Crippen molar-refractivity contribution in [3.63, 3.8) is 0 Å². The second-order valence-electron chi connectivity index (χ2n) is 0. The van der Waals surface area contributed by atoms with E-state index in [0.29, 0.717) is 0 Å². The van der Waals surface area contributed by atoms with Crippen molar-refractivity contribution in [2.24, 2.45) is 0 Å². The van der Waals surface area contributed by atoms with Crippen LogP contribution in [0, 0.1) is 0 Å². The summed E-state index contributed by atoms with van der Waals surface area (Å²) in [6, 6.07) is 0. The van der Waals surface area contributed by atoms with Gasteiger partial charge in [0.1, 0.15) is 0 Å². The minimum Gasteiger partial charge on any atom is -1.00 e. The molecule has 0 N–H and O–H groups in total. The molecule has 0 saturated carbocycles. The van der Waals surface area contributed by atoms with E-state index in [9.17, 15) is 0 Å². The van der Waals surface area contributed by atoms with Crippen LogP contribution in [0.5, 0.6) is 0 Å². The van der Waals surface area contributed by atoms with E-state index in [-0.39, 0.29) is 84.1 Å². The smallest absolute Gasteiger partial charge is 1.00 e. The van der Waals surface area contributed by atoms with Gasteiger partial charge in [-0.25, -0.2) is 0 Å². The van der Waals surface area contributed by atoms with Crippen molar-refractivity contribution in [2.75, 3.05) is 0 Å². The molecule has 0 nitrogen and oxygen atoms in total. The molecule has 0 aromatic carbocycles. The van der Waals surface area contributed by atoms with Gasteiger partial charge in [0.15, 0.2) is 0 Å². The van der Waals surface area contributed by atoms with Crippen molar-refractivity contribution in [1.29, 1.82) is 0 Å². The van der Waals surface area contributed by atoms with E-state index in [2.05, 4.69) is 0 Å². The molecule has 0 aromatic heterocycles. The molecular weight excluding hydrogens is 156 g/mol. The zero-order valence-electron chi connectivity index (χ0n) is 2.71. The minimum absolute atomic E-state index is 0. The van der Waals surface area contributed by atoms with Gasteiger partial charge in [0, 0.05) is 29.6 Å². The Morgan fingerprint density at radius 2 is 0.600 bits per heavy atom. The molecule has 0 rings (SSSR count). The second kappa shape index (κ2) is 32.4. The molecule has 5 heavy (non-hydrogen) atoms. The Morgan fingerprint density at radius 3 is 0.600 bits per heavy atom. The number of halogens is 3. The third-order valence-electron chi connectivity index (χ3n) is 0. The minimum atomic E-state index is 0. The van der Waals surface area contributed by atoms with Crippen molar-refractivity contribution >= 4 is 46.9 Å². The zero-order chi connectivity index (χ0) is 0. The molecule has 0 aliphatic heterocycles. The summed E-state index contributed by atoms with van der Waals surface area (Å²) in [5.41, 5.74) is 0. The van der Waals surface area contributed by atoms with Gasteiger partial charge >= 0.3 is 17.4 Å². The molecule has 0 unspecified atom stereocenters. The molecule has 0 spiro atoms. The van der Waals surface area contributed by atoms with Gasteiger partial charge in [0.25, 0.3) is 0 Å². The van der Waals surface area contributed by atoms with E-state index >= 15 is 0 Å². The second-order valence-corrected chi connectivity index (χ2v) is 0. The standard InChI is InChI=1S/Al.3ClH.Na/h;3*1H;/q+3;;;;/p-3. The van der Waals surface area contributed by atoms with Crippen molar-refractivity contribution < 1.29 is 37.2 Å². The summed E-state index contributed by atoms with van der Waals surface area (Å²) in [4.78, 5) is 0. The molecule has 0 atom stereocenters. The van der Waals surface area contributed by atoms with Crippen LogP contribution in [0.2, 0.25) is 0 Å². The first-order valence-corrected chi connectivity index (χ1v) is 0. The molecule has 5 heteroatoms. The van der Waals surface area contributed by atoms with Gasteiger partial charge in [0.05, 0.1) is 0 Å². The van der Waals surface area contributed by atoms with E-state index < -0.39 is 0 Å². The van der Waals surface area contributed by atoms with Crippen molar-refractivity contribution in [2.45, 2.75) is 0 Å². The summed E-state index contributed by atoms with van der Waals surface area (Å²) in [7, 11) is 0. The van der Waals surface area contributed by atoms with Crippen LogP contribution in [0.15, 0.2) is 0 Å². The third kappa shape index (κ3) is 21.5. The maximum Gasteiger partial charge on any atom is 3.00 e. The van der Waals surface area contributed by atoms with Crippen LogP contribution in [0.1, 0.15) is 0 Å². The Kier molecular flexibility index (Phi) is 340. The van der Waals surface area contributed by atoms with Crippen LogP contribution in [-0.2, 0) is 0 Å². The van der Waals surface area contributed by atoms with Gasteiger partial charge in [-0.05, 0) is 0 Å². The molecule has 0 aliphatic rings. The van der Waals surface area contributed by atoms with E-state index in [0.717, 1.165) is 0 Å². The van der Waals surface area contributed by atoms with Crippen molar-refractivity contribution in [3.8, 4) is 0 Å². The first-order valence-electron chi connectivity index (χ1n) is 0. The van der Waals surface area contributed by atoms with Crippen LogP contribution in [0.3, 0.4) is 0 Å². The molecule has 25 valence electrons. The average molecular weight is 156 g/mol. The first kappa shape index (κ1) is 52.6. The normalized spacial score (nSPS) is 0. The number of hydrogen-bond donors (Lipinski definition) is 0. The number of rotatable bonds is 0. The van der Waals surface area contributed by atoms with Gasteiger partial charge in [0.2, 0.25) is 0 Å². The maximum absolute atomic E-state index is 0. The Bertz CT molecular complexity index is 6.85. The molecule has 0 aromatic rings. The Labute approximate surface area is 83.1 Å². The third-order valence-corrected chi connectivity index (χ3v) is 0. The predicted octanol–water partition coefficient (Wildman–Crippen LogP) is -9.75. The summed E-state index contributed by atoms with van der Waals surface area (Å²) in [6.07, 6.45) is 0. The van der Waals surface area contributed by atoms with Gasteiger partial charge in [-0.3, -0.25) is 0 Å². The van der Waals surface area contributed by atoms with E-state index in [4.69, 9.17) is 0 Å². The van der Waals surface area contributed by atoms with E-state index in [1.807, 2.05) is 0 Å². The fourth-order valence-corrected chi connectivity index (χ4v) is 0. The van der Waals surface area contributed by atoms with Gasteiger partial charge in [-0.1, -0.05) is 0 Å². The molecule has 0 aliphatic carbocycles. The Balaban J connectivity index is 0. The molecule has 1 radical (unpaired) electrons. The molecule has 0 heterocycles. The summed E-state index contributed by atoms with van der Waals surface area (Å²) in [5, 5.41) is 0. The average Bonchev–Trinajstić information content (AvgIpc) is 0. The first-order chi connectivity index (χ1) is 0. The summed E-state index contributed by atoms with van der Waals surface area (Å²) in [5.74, 6) is 0. The van der Waals surface area contributed by atoms with Crippen molar-refractivity contribution in [1.82, 2.24) is 0 Å². The molecule has 0 amide bonds. The van der Waals surface area contributed by atoms with E-state index in [1.54, 1.807) is 0 Å². The van der Waals surface area contributed by atoms with Crippen LogP contribution in [-0.4, -0.2) is 46.9 Å². The van der Waals surface area contributed by atoms with E-state index in [1.165, 1.54) is 0 Å². The SMILES string of the molecule is [Al+3].[Cl-].[Cl-].[Cl-].[Na]. The topological polar surface area (TPSA) is 0 Å². The van der Waals surface area contributed by atoms with Gasteiger partial charge in [-0.15, -0.1) is 0 Å². The predicted molar refractivity (Wildman–Crippen MR) is 11.5 cm³/mol. The van der Waals surface area contributed by atoms with Crippen LogP contribution in [0.4, 0.5) is 0 Å². The molecular formula is AlCl3Na. The monoisotopic (exact) mass is 155 g/mol. The van der Waals surface area contributed by atoms with Gasteiger partial charge in [-0.2, -0.15) is 0 Å². The molecule has 0 saturated heterocycles. The largest absolute Gasteiger partial charge is 3.00 e. The van der Waals surface area contributed by atoms with Crippen LogP contribution in [0.25, 0.3) is 0 Å². The quantitative estimate of drug-likeness (QED) is 0.306. The molecule has 0 fully saturated rings. The fraction of sp³-hybridized carbons (Fsp3) is 0. The summed E-state index contributed by atoms with van der Waals surface area (Å²) in [6.45, 7) is 0. The Morgan fingerprint density at radius 1 is 0.600 bits per heavy atom. The Hall–Kier alpha value is 2.40. The number of hydrogen-bond acceptors (Lipinski definition) is 0. The zero-order valence-corrected chi connectivity index (χ0v) is 8.13. The maximum atomic E-state index is 0. The van der Waals surface area contributed by atoms with Crippen LogP contribution >= 0.6 is 0 Å². The molecule has 0 bridgehead atoms. The fourth-order valence-electron chi connectivity index (χ4n) is 0. The van der Waals surface area contributed by atoms with Gasteiger partial charge < -0.3 is 37.2 Å². The summed E-state index contributed by atoms with van der Waals surface area (Å²) < 4.78 is 0.